The minimum absolute atomic E-state index is 0.438. The van der Waals surface area contributed by atoms with Crippen LogP contribution in [-0.4, -0.2) is 38.2 Å². The fourth-order valence-corrected chi connectivity index (χ4v) is 2.49. The molecule has 1 aliphatic carbocycles. The van der Waals surface area contributed by atoms with Crippen LogP contribution in [0.15, 0.2) is 24.3 Å². The molecule has 2 N–H and O–H groups in total. The minimum atomic E-state index is 0.438. The summed E-state index contributed by atoms with van der Waals surface area (Å²) in [6, 6.07) is 8.44. The summed E-state index contributed by atoms with van der Waals surface area (Å²) >= 11 is 0. The van der Waals surface area contributed by atoms with Crippen molar-refractivity contribution in [2.45, 2.75) is 26.2 Å². The third-order valence-electron chi connectivity index (χ3n) is 4.01. The highest BCUT2D eigenvalue weighted by atomic mass is 16.5. The molecule has 1 aromatic carbocycles. The molecular formula is C16H26N2O. The van der Waals surface area contributed by atoms with Gasteiger partial charge in [-0.25, -0.2) is 0 Å². The molecule has 3 heteroatoms. The summed E-state index contributed by atoms with van der Waals surface area (Å²) in [4.78, 5) is 2.41. The van der Waals surface area contributed by atoms with E-state index in [4.69, 9.17) is 10.5 Å². The average Bonchev–Trinajstić information content (AvgIpc) is 3.19. The van der Waals surface area contributed by atoms with Crippen molar-refractivity contribution in [2.75, 3.05) is 33.3 Å². The van der Waals surface area contributed by atoms with Gasteiger partial charge in [0.25, 0.3) is 0 Å². The molecule has 0 aromatic heterocycles. The molecule has 3 nitrogen and oxygen atoms in total. The van der Waals surface area contributed by atoms with Crippen LogP contribution in [0.1, 0.15) is 25.3 Å². The highest BCUT2D eigenvalue weighted by Gasteiger charge is 2.41. The Morgan fingerprint density at radius 3 is 2.47 bits per heavy atom. The maximum atomic E-state index is 5.83. The number of nitrogens with zero attached hydrogens (tertiary/aromatic N) is 1. The second-order valence-electron chi connectivity index (χ2n) is 5.77. The van der Waals surface area contributed by atoms with Crippen molar-refractivity contribution in [1.82, 2.24) is 4.90 Å². The summed E-state index contributed by atoms with van der Waals surface area (Å²) in [5.41, 5.74) is 7.64. The Hall–Kier alpha value is -1.06. The number of nitrogens with two attached hydrogens (primary N) is 1. The van der Waals surface area contributed by atoms with E-state index in [2.05, 4.69) is 36.2 Å². The van der Waals surface area contributed by atoms with Crippen molar-refractivity contribution >= 4 is 0 Å². The van der Waals surface area contributed by atoms with Gasteiger partial charge in [-0.1, -0.05) is 12.1 Å². The van der Waals surface area contributed by atoms with Crippen LogP contribution >= 0.6 is 0 Å². The lowest BCUT2D eigenvalue weighted by molar-refractivity contribution is 0.269. The summed E-state index contributed by atoms with van der Waals surface area (Å²) in [5.74, 6) is 0.958. The van der Waals surface area contributed by atoms with E-state index in [1.807, 2.05) is 6.92 Å². The second kappa shape index (κ2) is 6.40. The Balaban J connectivity index is 1.75. The maximum Gasteiger partial charge on any atom is 0.119 e. The molecule has 0 heterocycles. The molecule has 0 aliphatic heterocycles. The lowest BCUT2D eigenvalue weighted by Crippen LogP contribution is -2.32. The molecule has 19 heavy (non-hydrogen) atoms. The molecule has 106 valence electrons. The summed E-state index contributed by atoms with van der Waals surface area (Å²) in [7, 11) is 2.20. The van der Waals surface area contributed by atoms with Crippen LogP contribution in [0.25, 0.3) is 0 Å². The van der Waals surface area contributed by atoms with E-state index in [1.165, 1.54) is 18.4 Å². The van der Waals surface area contributed by atoms with Crippen LogP contribution in [0.3, 0.4) is 0 Å². The Morgan fingerprint density at radius 1 is 1.26 bits per heavy atom. The Kier molecular flexibility index (Phi) is 4.83. The van der Waals surface area contributed by atoms with Crippen molar-refractivity contribution < 1.29 is 4.74 Å². The van der Waals surface area contributed by atoms with E-state index in [0.717, 1.165) is 38.4 Å². The number of ether oxygens (including phenoxy) is 1. The molecule has 0 bridgehead atoms. The number of benzene rings is 1. The first kappa shape index (κ1) is 14.4. The van der Waals surface area contributed by atoms with E-state index >= 15 is 0 Å². The van der Waals surface area contributed by atoms with Gasteiger partial charge in [-0.3, -0.25) is 0 Å². The number of rotatable bonds is 8. The van der Waals surface area contributed by atoms with E-state index < -0.39 is 0 Å². The van der Waals surface area contributed by atoms with Crippen LogP contribution < -0.4 is 10.5 Å². The number of likely N-dealkylation sites (N-methyl/N-ethyl adjacent to an activating group) is 1. The molecule has 1 aromatic rings. The quantitative estimate of drug-likeness (QED) is 0.781. The zero-order valence-corrected chi connectivity index (χ0v) is 12.2. The van der Waals surface area contributed by atoms with Crippen molar-refractivity contribution in [3.05, 3.63) is 29.8 Å². The molecule has 0 amide bonds. The lowest BCUT2D eigenvalue weighted by atomic mass is 10.1. The Morgan fingerprint density at radius 2 is 1.95 bits per heavy atom. The van der Waals surface area contributed by atoms with Gasteiger partial charge in [0, 0.05) is 13.1 Å². The third kappa shape index (κ3) is 4.22. The zero-order chi connectivity index (χ0) is 13.7. The highest BCUT2D eigenvalue weighted by molar-refractivity contribution is 5.27. The van der Waals surface area contributed by atoms with Crippen LogP contribution in [0, 0.1) is 5.41 Å². The SMILES string of the molecule is CCOc1ccc(CCN(C)CC2(CN)CC2)cc1. The molecule has 1 aliphatic rings. The lowest BCUT2D eigenvalue weighted by Gasteiger charge is -2.22. The van der Waals surface area contributed by atoms with Crippen LogP contribution in [-0.2, 0) is 6.42 Å². The van der Waals surface area contributed by atoms with E-state index in [0.29, 0.717) is 5.41 Å². The first-order valence-electron chi connectivity index (χ1n) is 7.28. The van der Waals surface area contributed by atoms with Gasteiger partial charge < -0.3 is 15.4 Å². The number of hydrogen-bond donors (Lipinski definition) is 1. The second-order valence-corrected chi connectivity index (χ2v) is 5.77. The molecule has 1 fully saturated rings. The van der Waals surface area contributed by atoms with Gasteiger partial charge in [0.05, 0.1) is 6.61 Å². The monoisotopic (exact) mass is 262 g/mol. The van der Waals surface area contributed by atoms with Crippen molar-refractivity contribution in [2.24, 2.45) is 11.1 Å². The van der Waals surface area contributed by atoms with Crippen molar-refractivity contribution in [1.29, 1.82) is 0 Å². The fourth-order valence-electron chi connectivity index (χ4n) is 2.49. The first-order valence-corrected chi connectivity index (χ1v) is 7.28. The fraction of sp³-hybridized carbons (Fsp3) is 0.625. The summed E-state index contributed by atoms with van der Waals surface area (Å²) < 4.78 is 5.45. The predicted molar refractivity (Wildman–Crippen MR) is 79.5 cm³/mol. The first-order chi connectivity index (χ1) is 9.17. The van der Waals surface area contributed by atoms with Crippen LogP contribution in [0.4, 0.5) is 0 Å². The molecular weight excluding hydrogens is 236 g/mol. The summed E-state index contributed by atoms with van der Waals surface area (Å²) in [6.45, 7) is 5.80. The number of hydrogen-bond acceptors (Lipinski definition) is 3. The van der Waals surface area contributed by atoms with Crippen molar-refractivity contribution in [3.8, 4) is 5.75 Å². The minimum Gasteiger partial charge on any atom is -0.494 e. The average molecular weight is 262 g/mol. The van der Waals surface area contributed by atoms with E-state index in [1.54, 1.807) is 0 Å². The zero-order valence-electron chi connectivity index (χ0n) is 12.2. The van der Waals surface area contributed by atoms with E-state index in [9.17, 15) is 0 Å². The molecule has 2 rings (SSSR count). The summed E-state index contributed by atoms with van der Waals surface area (Å²) in [5, 5.41) is 0. The van der Waals surface area contributed by atoms with Crippen LogP contribution in [0.2, 0.25) is 0 Å². The van der Waals surface area contributed by atoms with Crippen molar-refractivity contribution in [3.63, 3.8) is 0 Å². The molecule has 0 spiro atoms. The molecule has 0 radical (unpaired) electrons. The van der Waals surface area contributed by atoms with Gasteiger partial charge in [0.1, 0.15) is 5.75 Å². The molecule has 0 unspecified atom stereocenters. The maximum absolute atomic E-state index is 5.83. The van der Waals surface area contributed by atoms with Gasteiger partial charge in [0.15, 0.2) is 0 Å². The standard InChI is InChI=1S/C16H26N2O/c1-3-19-15-6-4-14(5-7-15)8-11-18(2)13-16(12-17)9-10-16/h4-7H,3,8-13,17H2,1-2H3. The van der Waals surface area contributed by atoms with Gasteiger partial charge in [0.2, 0.25) is 0 Å². The Labute approximate surface area is 116 Å². The summed E-state index contributed by atoms with van der Waals surface area (Å²) in [6.07, 6.45) is 3.69. The van der Waals surface area contributed by atoms with Gasteiger partial charge >= 0.3 is 0 Å². The van der Waals surface area contributed by atoms with Crippen LogP contribution in [0.5, 0.6) is 5.75 Å². The largest absolute Gasteiger partial charge is 0.494 e. The smallest absolute Gasteiger partial charge is 0.119 e. The Bertz CT molecular complexity index is 384. The van der Waals surface area contributed by atoms with E-state index in [-0.39, 0.29) is 0 Å². The topological polar surface area (TPSA) is 38.5 Å². The molecule has 1 saturated carbocycles. The molecule has 0 saturated heterocycles. The molecule has 0 atom stereocenters. The van der Waals surface area contributed by atoms with Gasteiger partial charge in [-0.15, -0.1) is 0 Å². The normalized spacial score (nSPS) is 16.6. The third-order valence-corrected chi connectivity index (χ3v) is 4.01. The van der Waals surface area contributed by atoms with Gasteiger partial charge in [-0.2, -0.15) is 0 Å². The van der Waals surface area contributed by atoms with Gasteiger partial charge in [-0.05, 0) is 62.9 Å². The highest BCUT2D eigenvalue weighted by Crippen LogP contribution is 2.44. The predicted octanol–water partition coefficient (Wildman–Crippen LogP) is 2.30.